The molecule has 0 aliphatic heterocycles. The highest BCUT2D eigenvalue weighted by Gasteiger charge is 2.08. The fourth-order valence-corrected chi connectivity index (χ4v) is 1.18. The third-order valence-corrected chi connectivity index (χ3v) is 1.93. The number of rotatable bonds is 3. The molecule has 0 aliphatic carbocycles. The molecule has 2 aromatic heterocycles. The minimum absolute atomic E-state index is 0.118. The summed E-state index contributed by atoms with van der Waals surface area (Å²) in [5, 5.41) is 0. The van der Waals surface area contributed by atoms with Gasteiger partial charge in [-0.25, -0.2) is 4.98 Å². The number of nitrogens with zero attached hydrogens (tertiary/aromatic N) is 1. The number of furan rings is 1. The summed E-state index contributed by atoms with van der Waals surface area (Å²) >= 11 is 0. The Balaban J connectivity index is 2.11. The second-order valence-corrected chi connectivity index (χ2v) is 3.20. The predicted octanol–water partition coefficient (Wildman–Crippen LogP) is 1.88. The molecule has 1 atom stereocenters. The first-order valence-electron chi connectivity index (χ1n) is 4.48. The molecule has 14 heavy (non-hydrogen) atoms. The van der Waals surface area contributed by atoms with Gasteiger partial charge in [0.1, 0.15) is 11.5 Å². The van der Waals surface area contributed by atoms with E-state index in [2.05, 4.69) is 4.98 Å². The monoisotopic (exact) mass is 192 g/mol. The molecule has 1 unspecified atom stereocenters. The molecule has 0 saturated carbocycles. The molecule has 2 heterocycles. The number of aromatic nitrogens is 1. The van der Waals surface area contributed by atoms with Crippen molar-refractivity contribution < 1.29 is 8.83 Å². The maximum absolute atomic E-state index is 5.64. The normalized spacial score (nSPS) is 13.0. The largest absolute Gasteiger partial charge is 0.469 e. The van der Waals surface area contributed by atoms with E-state index in [1.54, 1.807) is 12.5 Å². The summed E-state index contributed by atoms with van der Waals surface area (Å²) in [6, 6.07) is 3.60. The van der Waals surface area contributed by atoms with Crippen LogP contribution in [0.25, 0.3) is 0 Å². The van der Waals surface area contributed by atoms with E-state index in [1.165, 1.54) is 0 Å². The van der Waals surface area contributed by atoms with Gasteiger partial charge in [-0.2, -0.15) is 0 Å². The van der Waals surface area contributed by atoms with E-state index in [1.807, 2.05) is 19.1 Å². The highest BCUT2D eigenvalue weighted by molar-refractivity contribution is 5.07. The van der Waals surface area contributed by atoms with Gasteiger partial charge in [0, 0.05) is 0 Å². The topological polar surface area (TPSA) is 65.2 Å². The molecule has 74 valence electrons. The van der Waals surface area contributed by atoms with Gasteiger partial charge in [-0.3, -0.25) is 0 Å². The van der Waals surface area contributed by atoms with Gasteiger partial charge in [0.25, 0.3) is 0 Å². The van der Waals surface area contributed by atoms with Crippen LogP contribution in [0.5, 0.6) is 0 Å². The van der Waals surface area contributed by atoms with Crippen molar-refractivity contribution in [2.75, 3.05) is 0 Å². The van der Waals surface area contributed by atoms with E-state index in [9.17, 15) is 0 Å². The summed E-state index contributed by atoms with van der Waals surface area (Å²) in [5.74, 6) is 2.17. The van der Waals surface area contributed by atoms with Crippen LogP contribution in [0, 0.1) is 0 Å². The Hall–Kier alpha value is -1.55. The Morgan fingerprint density at radius 3 is 3.00 bits per heavy atom. The van der Waals surface area contributed by atoms with Crippen LogP contribution in [0.4, 0.5) is 0 Å². The molecule has 0 spiro atoms. The van der Waals surface area contributed by atoms with Gasteiger partial charge in [0.15, 0.2) is 0 Å². The van der Waals surface area contributed by atoms with E-state index < -0.39 is 0 Å². The van der Waals surface area contributed by atoms with E-state index in [4.69, 9.17) is 14.6 Å². The second kappa shape index (κ2) is 3.67. The van der Waals surface area contributed by atoms with Crippen molar-refractivity contribution >= 4 is 0 Å². The Bertz CT molecular complexity index is 390. The fraction of sp³-hybridized carbons (Fsp3) is 0.300. The Kier molecular flexibility index (Phi) is 2.37. The van der Waals surface area contributed by atoms with Crippen LogP contribution < -0.4 is 5.73 Å². The smallest absolute Gasteiger partial charge is 0.202 e. The summed E-state index contributed by atoms with van der Waals surface area (Å²) in [4.78, 5) is 4.11. The van der Waals surface area contributed by atoms with E-state index in [0.717, 1.165) is 5.76 Å². The maximum Gasteiger partial charge on any atom is 0.202 e. The van der Waals surface area contributed by atoms with Crippen molar-refractivity contribution in [1.29, 1.82) is 0 Å². The lowest BCUT2D eigenvalue weighted by Crippen LogP contribution is -2.02. The van der Waals surface area contributed by atoms with Crippen molar-refractivity contribution in [2.45, 2.75) is 19.4 Å². The average Bonchev–Trinajstić information content (AvgIpc) is 2.75. The summed E-state index contributed by atoms with van der Waals surface area (Å²) in [6.07, 6.45) is 3.85. The van der Waals surface area contributed by atoms with Crippen LogP contribution in [-0.2, 0) is 6.42 Å². The molecular weight excluding hydrogens is 180 g/mol. The van der Waals surface area contributed by atoms with Crippen LogP contribution >= 0.6 is 0 Å². The molecule has 4 nitrogen and oxygen atoms in total. The summed E-state index contributed by atoms with van der Waals surface area (Å²) in [5.41, 5.74) is 5.64. The highest BCUT2D eigenvalue weighted by atomic mass is 16.4. The van der Waals surface area contributed by atoms with E-state index in [-0.39, 0.29) is 6.04 Å². The van der Waals surface area contributed by atoms with Crippen molar-refractivity contribution in [1.82, 2.24) is 4.98 Å². The van der Waals surface area contributed by atoms with E-state index >= 15 is 0 Å². The highest BCUT2D eigenvalue weighted by Crippen LogP contribution is 2.14. The quantitative estimate of drug-likeness (QED) is 0.806. The lowest BCUT2D eigenvalue weighted by Gasteiger charge is -1.96. The van der Waals surface area contributed by atoms with Gasteiger partial charge in [0.05, 0.1) is 24.9 Å². The van der Waals surface area contributed by atoms with Gasteiger partial charge in [-0.05, 0) is 19.1 Å². The standard InChI is InChI=1S/C10H12N2O2/c1-7(11)9-6-12-10(14-9)5-8-3-2-4-13-8/h2-4,6-7H,5,11H2,1H3. The second-order valence-electron chi connectivity index (χ2n) is 3.20. The molecule has 2 N–H and O–H groups in total. The van der Waals surface area contributed by atoms with Crippen molar-refractivity contribution in [3.63, 3.8) is 0 Å². The maximum atomic E-state index is 5.64. The molecule has 0 fully saturated rings. The van der Waals surface area contributed by atoms with Crippen LogP contribution in [0.2, 0.25) is 0 Å². The molecule has 0 aliphatic rings. The molecule has 2 aromatic rings. The number of oxazole rings is 1. The molecule has 0 bridgehead atoms. The minimum Gasteiger partial charge on any atom is -0.469 e. The lowest BCUT2D eigenvalue weighted by atomic mass is 10.3. The van der Waals surface area contributed by atoms with Crippen molar-refractivity contribution in [3.05, 3.63) is 42.0 Å². The number of hydrogen-bond acceptors (Lipinski definition) is 4. The third kappa shape index (κ3) is 1.85. The SMILES string of the molecule is CC(N)c1cnc(Cc2ccco2)o1. The van der Waals surface area contributed by atoms with Gasteiger partial charge in [0.2, 0.25) is 5.89 Å². The Morgan fingerprint density at radius 1 is 1.57 bits per heavy atom. The summed E-state index contributed by atoms with van der Waals surface area (Å²) < 4.78 is 10.6. The van der Waals surface area contributed by atoms with Gasteiger partial charge in [-0.1, -0.05) is 0 Å². The minimum atomic E-state index is -0.118. The molecule has 4 heteroatoms. The number of hydrogen-bond donors (Lipinski definition) is 1. The van der Waals surface area contributed by atoms with E-state index in [0.29, 0.717) is 18.1 Å². The summed E-state index contributed by atoms with van der Waals surface area (Å²) in [6.45, 7) is 1.86. The Morgan fingerprint density at radius 2 is 2.43 bits per heavy atom. The van der Waals surface area contributed by atoms with Crippen LogP contribution in [0.15, 0.2) is 33.4 Å². The van der Waals surface area contributed by atoms with Crippen LogP contribution in [-0.4, -0.2) is 4.98 Å². The molecular formula is C10H12N2O2. The molecule has 0 amide bonds. The fourth-order valence-electron chi connectivity index (χ4n) is 1.18. The first-order chi connectivity index (χ1) is 6.75. The van der Waals surface area contributed by atoms with Crippen LogP contribution in [0.1, 0.15) is 30.4 Å². The first-order valence-corrected chi connectivity index (χ1v) is 4.48. The zero-order valence-electron chi connectivity index (χ0n) is 7.93. The summed E-state index contributed by atoms with van der Waals surface area (Å²) in [7, 11) is 0. The average molecular weight is 192 g/mol. The first kappa shape index (κ1) is 9.02. The van der Waals surface area contributed by atoms with Gasteiger partial charge < -0.3 is 14.6 Å². The number of nitrogens with two attached hydrogens (primary N) is 1. The zero-order chi connectivity index (χ0) is 9.97. The van der Waals surface area contributed by atoms with Gasteiger partial charge >= 0.3 is 0 Å². The van der Waals surface area contributed by atoms with Crippen molar-refractivity contribution in [3.8, 4) is 0 Å². The van der Waals surface area contributed by atoms with Gasteiger partial charge in [-0.15, -0.1) is 0 Å². The molecule has 0 saturated heterocycles. The lowest BCUT2D eigenvalue weighted by molar-refractivity contribution is 0.424. The molecule has 2 rings (SSSR count). The Labute approximate surface area is 81.7 Å². The predicted molar refractivity (Wildman–Crippen MR) is 50.6 cm³/mol. The zero-order valence-corrected chi connectivity index (χ0v) is 7.93. The van der Waals surface area contributed by atoms with Crippen molar-refractivity contribution in [2.24, 2.45) is 5.73 Å². The molecule has 0 radical (unpaired) electrons. The third-order valence-electron chi connectivity index (χ3n) is 1.93. The van der Waals surface area contributed by atoms with Crippen LogP contribution in [0.3, 0.4) is 0 Å². The molecule has 0 aromatic carbocycles.